The van der Waals surface area contributed by atoms with Gasteiger partial charge in [-0.15, -0.1) is 11.6 Å². The van der Waals surface area contributed by atoms with Gasteiger partial charge in [0.25, 0.3) is 0 Å². The molecule has 0 saturated heterocycles. The molecule has 0 saturated carbocycles. The van der Waals surface area contributed by atoms with Gasteiger partial charge in [-0.1, -0.05) is 12.1 Å². The van der Waals surface area contributed by atoms with Crippen molar-refractivity contribution in [3.05, 3.63) is 48.2 Å². The number of benzene rings is 1. The third kappa shape index (κ3) is 4.03. The second kappa shape index (κ2) is 7.60. The fourth-order valence-electron chi connectivity index (χ4n) is 1.75. The van der Waals surface area contributed by atoms with Crippen molar-refractivity contribution in [1.82, 2.24) is 4.98 Å². The van der Waals surface area contributed by atoms with E-state index in [1.165, 1.54) is 0 Å². The van der Waals surface area contributed by atoms with Crippen molar-refractivity contribution in [3.8, 4) is 11.5 Å². The summed E-state index contributed by atoms with van der Waals surface area (Å²) in [4.78, 5) is 4.21. The Labute approximate surface area is 123 Å². The van der Waals surface area contributed by atoms with Crippen molar-refractivity contribution >= 4 is 17.4 Å². The van der Waals surface area contributed by atoms with E-state index in [1.54, 1.807) is 13.3 Å². The monoisotopic (exact) mass is 292 g/mol. The highest BCUT2D eigenvalue weighted by molar-refractivity contribution is 6.18. The standard InChI is InChI=1S/C15H17ClN2O2/c1-19-14-10-12(5-6-13(14)20-9-7-16)11-18-15-4-2-3-8-17-15/h2-6,8,10H,7,9,11H2,1H3,(H,17,18). The van der Waals surface area contributed by atoms with Crippen LogP contribution in [0.15, 0.2) is 42.6 Å². The molecule has 0 bridgehead atoms. The van der Waals surface area contributed by atoms with Crippen molar-refractivity contribution in [2.75, 3.05) is 24.9 Å². The lowest BCUT2D eigenvalue weighted by atomic mass is 10.2. The second-order valence-corrected chi connectivity index (χ2v) is 4.47. The molecule has 4 nitrogen and oxygen atoms in total. The molecule has 20 heavy (non-hydrogen) atoms. The average molecular weight is 293 g/mol. The van der Waals surface area contributed by atoms with E-state index in [-0.39, 0.29) is 0 Å². The first kappa shape index (κ1) is 14.5. The molecule has 0 fully saturated rings. The van der Waals surface area contributed by atoms with Crippen LogP contribution >= 0.6 is 11.6 Å². The van der Waals surface area contributed by atoms with Crippen LogP contribution in [0.5, 0.6) is 11.5 Å². The quantitative estimate of drug-likeness (QED) is 0.795. The van der Waals surface area contributed by atoms with E-state index >= 15 is 0 Å². The normalized spacial score (nSPS) is 10.1. The molecule has 0 atom stereocenters. The summed E-state index contributed by atoms with van der Waals surface area (Å²) in [6, 6.07) is 11.6. The van der Waals surface area contributed by atoms with Crippen molar-refractivity contribution in [1.29, 1.82) is 0 Å². The molecular formula is C15H17ClN2O2. The molecule has 2 rings (SSSR count). The van der Waals surface area contributed by atoms with Gasteiger partial charge in [0.1, 0.15) is 12.4 Å². The second-order valence-electron chi connectivity index (χ2n) is 4.09. The number of nitrogens with one attached hydrogen (secondary N) is 1. The molecule has 1 heterocycles. The number of methoxy groups -OCH3 is 1. The molecule has 2 aromatic rings. The Bertz CT molecular complexity index is 535. The van der Waals surface area contributed by atoms with Crippen LogP contribution in [0.4, 0.5) is 5.82 Å². The molecule has 5 heteroatoms. The van der Waals surface area contributed by atoms with Gasteiger partial charge in [-0.05, 0) is 29.8 Å². The first-order valence-electron chi connectivity index (χ1n) is 6.34. The Morgan fingerprint density at radius 2 is 2.10 bits per heavy atom. The van der Waals surface area contributed by atoms with Crippen LogP contribution in [0.25, 0.3) is 0 Å². The Morgan fingerprint density at radius 3 is 2.80 bits per heavy atom. The predicted octanol–water partition coefficient (Wildman–Crippen LogP) is 3.32. The van der Waals surface area contributed by atoms with E-state index in [2.05, 4.69) is 10.3 Å². The van der Waals surface area contributed by atoms with E-state index in [0.717, 1.165) is 11.4 Å². The Hall–Kier alpha value is -1.94. The molecular weight excluding hydrogens is 276 g/mol. The maximum Gasteiger partial charge on any atom is 0.161 e. The molecule has 0 amide bonds. The number of aromatic nitrogens is 1. The highest BCUT2D eigenvalue weighted by atomic mass is 35.5. The van der Waals surface area contributed by atoms with Crippen molar-refractivity contribution < 1.29 is 9.47 Å². The van der Waals surface area contributed by atoms with E-state index in [0.29, 0.717) is 30.5 Å². The molecule has 1 aromatic heterocycles. The van der Waals surface area contributed by atoms with Crippen LogP contribution in [0.2, 0.25) is 0 Å². The van der Waals surface area contributed by atoms with Crippen molar-refractivity contribution in [3.63, 3.8) is 0 Å². The van der Waals surface area contributed by atoms with Crippen LogP contribution in [0.3, 0.4) is 0 Å². The van der Waals surface area contributed by atoms with Gasteiger partial charge in [-0.3, -0.25) is 0 Å². The minimum absolute atomic E-state index is 0.451. The number of nitrogens with zero attached hydrogens (tertiary/aromatic N) is 1. The predicted molar refractivity (Wildman–Crippen MR) is 80.8 cm³/mol. The lowest BCUT2D eigenvalue weighted by molar-refractivity contribution is 0.312. The van der Waals surface area contributed by atoms with E-state index < -0.39 is 0 Å². The summed E-state index contributed by atoms with van der Waals surface area (Å²) < 4.78 is 10.8. The topological polar surface area (TPSA) is 43.4 Å². The molecule has 106 valence electrons. The molecule has 0 spiro atoms. The average Bonchev–Trinajstić information content (AvgIpc) is 2.52. The third-order valence-electron chi connectivity index (χ3n) is 2.70. The van der Waals surface area contributed by atoms with Gasteiger partial charge in [-0.25, -0.2) is 4.98 Å². The molecule has 0 aliphatic carbocycles. The third-order valence-corrected chi connectivity index (χ3v) is 2.86. The molecule has 1 N–H and O–H groups in total. The van der Waals surface area contributed by atoms with Gasteiger partial charge in [0.15, 0.2) is 11.5 Å². The maximum absolute atomic E-state index is 5.61. The summed E-state index contributed by atoms with van der Waals surface area (Å²) in [6.07, 6.45) is 1.76. The summed E-state index contributed by atoms with van der Waals surface area (Å²) in [7, 11) is 1.62. The summed E-state index contributed by atoms with van der Waals surface area (Å²) >= 11 is 5.61. The number of alkyl halides is 1. The zero-order valence-electron chi connectivity index (χ0n) is 11.3. The zero-order chi connectivity index (χ0) is 14.2. The van der Waals surface area contributed by atoms with Crippen LogP contribution in [-0.2, 0) is 6.54 Å². The van der Waals surface area contributed by atoms with Crippen molar-refractivity contribution in [2.45, 2.75) is 6.54 Å². The maximum atomic E-state index is 5.61. The molecule has 0 radical (unpaired) electrons. The summed E-state index contributed by atoms with van der Waals surface area (Å²) in [5.41, 5.74) is 1.09. The van der Waals surface area contributed by atoms with Crippen LogP contribution in [-0.4, -0.2) is 24.6 Å². The van der Waals surface area contributed by atoms with Gasteiger partial charge in [0.05, 0.1) is 13.0 Å². The Morgan fingerprint density at radius 1 is 1.20 bits per heavy atom. The van der Waals surface area contributed by atoms with Gasteiger partial charge in [-0.2, -0.15) is 0 Å². The van der Waals surface area contributed by atoms with Crippen molar-refractivity contribution in [2.24, 2.45) is 0 Å². The fraction of sp³-hybridized carbons (Fsp3) is 0.267. The largest absolute Gasteiger partial charge is 0.493 e. The van der Waals surface area contributed by atoms with E-state index in [1.807, 2.05) is 36.4 Å². The van der Waals surface area contributed by atoms with Gasteiger partial charge >= 0.3 is 0 Å². The Kier molecular flexibility index (Phi) is 5.50. The lowest BCUT2D eigenvalue weighted by Crippen LogP contribution is -2.03. The number of anilines is 1. The minimum atomic E-state index is 0.451. The lowest BCUT2D eigenvalue weighted by Gasteiger charge is -2.12. The van der Waals surface area contributed by atoms with Gasteiger partial charge < -0.3 is 14.8 Å². The summed E-state index contributed by atoms with van der Waals surface area (Å²) in [5, 5.41) is 3.25. The SMILES string of the molecule is COc1cc(CNc2ccccn2)ccc1OCCCl. The van der Waals surface area contributed by atoms with Crippen LogP contribution < -0.4 is 14.8 Å². The van der Waals surface area contributed by atoms with Crippen LogP contribution in [0.1, 0.15) is 5.56 Å². The zero-order valence-corrected chi connectivity index (χ0v) is 12.1. The first-order chi connectivity index (χ1) is 9.83. The van der Waals surface area contributed by atoms with Crippen LogP contribution in [0, 0.1) is 0 Å². The number of pyridine rings is 1. The van der Waals surface area contributed by atoms with E-state index in [4.69, 9.17) is 21.1 Å². The molecule has 0 aliphatic heterocycles. The molecule has 0 unspecified atom stereocenters. The number of ether oxygens (including phenoxy) is 2. The highest BCUT2D eigenvalue weighted by Gasteiger charge is 2.05. The van der Waals surface area contributed by atoms with E-state index in [9.17, 15) is 0 Å². The smallest absolute Gasteiger partial charge is 0.161 e. The number of rotatable bonds is 7. The number of hydrogen-bond acceptors (Lipinski definition) is 4. The summed E-state index contributed by atoms with van der Waals surface area (Å²) in [5.74, 6) is 2.70. The first-order valence-corrected chi connectivity index (χ1v) is 6.87. The number of halogens is 1. The van der Waals surface area contributed by atoms with Gasteiger partial charge in [0, 0.05) is 12.7 Å². The fourth-order valence-corrected chi connectivity index (χ4v) is 1.83. The Balaban J connectivity index is 2.02. The molecule has 0 aliphatic rings. The van der Waals surface area contributed by atoms with Gasteiger partial charge in [0.2, 0.25) is 0 Å². The number of hydrogen-bond donors (Lipinski definition) is 1. The summed E-state index contributed by atoms with van der Waals surface area (Å²) in [6.45, 7) is 1.13. The minimum Gasteiger partial charge on any atom is -0.493 e. The highest BCUT2D eigenvalue weighted by Crippen LogP contribution is 2.28. The molecule has 1 aromatic carbocycles.